The predicted octanol–water partition coefficient (Wildman–Crippen LogP) is 1.20. The van der Waals surface area contributed by atoms with Crippen molar-refractivity contribution in [1.29, 1.82) is 0 Å². The van der Waals surface area contributed by atoms with Gasteiger partial charge < -0.3 is 10.2 Å². The average molecular weight is 382 g/mol. The van der Waals surface area contributed by atoms with E-state index in [2.05, 4.69) is 5.32 Å². The highest BCUT2D eigenvalue weighted by molar-refractivity contribution is 7.89. The SMILES string of the molecule is CNCCC(=O)N1CCN(S(=O)(=O)c2cccc(Cl)c2)CC1.Cl. The highest BCUT2D eigenvalue weighted by atomic mass is 35.5. The van der Waals surface area contributed by atoms with Crippen LogP contribution in [0, 0.1) is 0 Å². The van der Waals surface area contributed by atoms with E-state index in [-0.39, 0.29) is 23.2 Å². The van der Waals surface area contributed by atoms with Crippen LogP contribution in [-0.2, 0) is 14.8 Å². The van der Waals surface area contributed by atoms with Crippen molar-refractivity contribution in [3.8, 4) is 0 Å². The zero-order chi connectivity index (χ0) is 16.2. The molecule has 1 heterocycles. The molecule has 130 valence electrons. The minimum absolute atomic E-state index is 0. The number of nitrogens with one attached hydrogen (secondary N) is 1. The maximum atomic E-state index is 12.5. The van der Waals surface area contributed by atoms with Gasteiger partial charge in [-0.3, -0.25) is 4.79 Å². The van der Waals surface area contributed by atoms with Crippen molar-refractivity contribution in [2.75, 3.05) is 39.8 Å². The predicted molar refractivity (Wildman–Crippen MR) is 92.6 cm³/mol. The van der Waals surface area contributed by atoms with Crippen molar-refractivity contribution in [1.82, 2.24) is 14.5 Å². The molecule has 1 aromatic rings. The Kier molecular flexibility index (Phi) is 7.76. The summed E-state index contributed by atoms with van der Waals surface area (Å²) in [5.41, 5.74) is 0. The molecule has 0 spiro atoms. The van der Waals surface area contributed by atoms with Crippen LogP contribution in [0.4, 0.5) is 0 Å². The van der Waals surface area contributed by atoms with Crippen LogP contribution in [0.1, 0.15) is 6.42 Å². The molecule has 1 aliphatic rings. The molecule has 23 heavy (non-hydrogen) atoms. The monoisotopic (exact) mass is 381 g/mol. The molecule has 1 aliphatic heterocycles. The first kappa shape index (κ1) is 20.2. The van der Waals surface area contributed by atoms with Crippen LogP contribution in [0.25, 0.3) is 0 Å². The fourth-order valence-electron chi connectivity index (χ4n) is 2.34. The van der Waals surface area contributed by atoms with E-state index in [1.165, 1.54) is 16.4 Å². The smallest absolute Gasteiger partial charge is 0.243 e. The molecule has 0 radical (unpaired) electrons. The first-order valence-corrected chi connectivity index (χ1v) is 8.95. The normalized spacial score (nSPS) is 16.0. The molecule has 1 fully saturated rings. The summed E-state index contributed by atoms with van der Waals surface area (Å²) in [5.74, 6) is 0.0501. The van der Waals surface area contributed by atoms with E-state index in [1.807, 2.05) is 0 Å². The molecular weight excluding hydrogens is 361 g/mol. The lowest BCUT2D eigenvalue weighted by atomic mass is 10.3. The van der Waals surface area contributed by atoms with Crippen molar-refractivity contribution < 1.29 is 13.2 Å². The van der Waals surface area contributed by atoms with Gasteiger partial charge in [-0.15, -0.1) is 12.4 Å². The highest BCUT2D eigenvalue weighted by Crippen LogP contribution is 2.20. The number of halogens is 2. The summed E-state index contributed by atoms with van der Waals surface area (Å²) in [6.45, 7) is 2.07. The van der Waals surface area contributed by atoms with Gasteiger partial charge >= 0.3 is 0 Å². The number of carbonyl (C=O) groups excluding carboxylic acids is 1. The molecule has 2 rings (SSSR count). The summed E-state index contributed by atoms with van der Waals surface area (Å²) in [6.07, 6.45) is 0.428. The molecule has 1 N–H and O–H groups in total. The van der Waals surface area contributed by atoms with Crippen LogP contribution in [0.15, 0.2) is 29.2 Å². The molecule has 1 aromatic carbocycles. The summed E-state index contributed by atoms with van der Waals surface area (Å²) in [4.78, 5) is 13.8. The van der Waals surface area contributed by atoms with Crippen LogP contribution in [-0.4, -0.2) is 63.3 Å². The number of sulfonamides is 1. The summed E-state index contributed by atoms with van der Waals surface area (Å²) >= 11 is 5.86. The first-order chi connectivity index (χ1) is 10.4. The van der Waals surface area contributed by atoms with E-state index in [0.29, 0.717) is 44.2 Å². The first-order valence-electron chi connectivity index (χ1n) is 7.13. The Labute approximate surface area is 148 Å². The van der Waals surface area contributed by atoms with E-state index < -0.39 is 10.0 Å². The van der Waals surface area contributed by atoms with Gasteiger partial charge in [-0.1, -0.05) is 17.7 Å². The third kappa shape index (κ3) is 5.06. The third-order valence-electron chi connectivity index (χ3n) is 3.61. The number of rotatable bonds is 5. The highest BCUT2D eigenvalue weighted by Gasteiger charge is 2.29. The molecule has 6 nitrogen and oxygen atoms in total. The lowest BCUT2D eigenvalue weighted by molar-refractivity contribution is -0.132. The Morgan fingerprint density at radius 3 is 2.48 bits per heavy atom. The maximum Gasteiger partial charge on any atom is 0.243 e. The standard InChI is InChI=1S/C14H20ClN3O3S.ClH/c1-16-6-5-14(19)17-7-9-18(10-8-17)22(20,21)13-4-2-3-12(15)11-13;/h2-4,11,16H,5-10H2,1H3;1H. The lowest BCUT2D eigenvalue weighted by Gasteiger charge is -2.34. The van der Waals surface area contributed by atoms with Gasteiger partial charge in [-0.2, -0.15) is 4.31 Å². The van der Waals surface area contributed by atoms with Crippen molar-refractivity contribution >= 4 is 39.9 Å². The summed E-state index contributed by atoms with van der Waals surface area (Å²) in [5, 5.41) is 3.32. The van der Waals surface area contributed by atoms with Gasteiger partial charge in [0.25, 0.3) is 0 Å². The maximum absolute atomic E-state index is 12.5. The van der Waals surface area contributed by atoms with Crippen LogP contribution in [0.5, 0.6) is 0 Å². The van der Waals surface area contributed by atoms with Gasteiger partial charge in [0.15, 0.2) is 0 Å². The fourth-order valence-corrected chi connectivity index (χ4v) is 4.07. The molecular formula is C14H21Cl2N3O3S. The Balaban J connectivity index is 0.00000264. The van der Waals surface area contributed by atoms with Crippen LogP contribution < -0.4 is 5.32 Å². The number of nitrogens with zero attached hydrogens (tertiary/aromatic N) is 2. The largest absolute Gasteiger partial charge is 0.340 e. The van der Waals surface area contributed by atoms with Gasteiger partial charge in [0.05, 0.1) is 4.90 Å². The van der Waals surface area contributed by atoms with Crippen LogP contribution in [0.3, 0.4) is 0 Å². The third-order valence-corrected chi connectivity index (χ3v) is 5.74. The molecule has 0 bridgehead atoms. The van der Waals surface area contributed by atoms with E-state index in [0.717, 1.165) is 0 Å². The summed E-state index contributed by atoms with van der Waals surface area (Å²) < 4.78 is 26.5. The fraction of sp³-hybridized carbons (Fsp3) is 0.500. The summed E-state index contributed by atoms with van der Waals surface area (Å²) in [6, 6.07) is 6.23. The van der Waals surface area contributed by atoms with E-state index in [4.69, 9.17) is 11.6 Å². The van der Waals surface area contributed by atoms with Crippen molar-refractivity contribution in [2.24, 2.45) is 0 Å². The second-order valence-electron chi connectivity index (χ2n) is 5.10. The van der Waals surface area contributed by atoms with Gasteiger partial charge in [0.2, 0.25) is 15.9 Å². The van der Waals surface area contributed by atoms with Gasteiger partial charge in [-0.25, -0.2) is 8.42 Å². The Hall–Kier alpha value is -0.860. The quantitative estimate of drug-likeness (QED) is 0.831. The summed E-state index contributed by atoms with van der Waals surface area (Å²) in [7, 11) is -1.76. The Bertz CT molecular complexity index is 632. The second kappa shape index (κ2) is 8.84. The molecule has 1 amide bonds. The topological polar surface area (TPSA) is 69.7 Å². The molecule has 0 saturated carbocycles. The van der Waals surface area contributed by atoms with Crippen LogP contribution in [0.2, 0.25) is 5.02 Å². The van der Waals surface area contributed by atoms with Crippen molar-refractivity contribution in [3.05, 3.63) is 29.3 Å². The molecule has 9 heteroatoms. The Morgan fingerprint density at radius 1 is 1.26 bits per heavy atom. The second-order valence-corrected chi connectivity index (χ2v) is 7.47. The van der Waals surface area contributed by atoms with Crippen molar-refractivity contribution in [3.63, 3.8) is 0 Å². The number of hydrogen-bond acceptors (Lipinski definition) is 4. The van der Waals surface area contributed by atoms with E-state index in [9.17, 15) is 13.2 Å². The lowest BCUT2D eigenvalue weighted by Crippen LogP contribution is -2.50. The average Bonchev–Trinajstić information content (AvgIpc) is 2.52. The number of amides is 1. The van der Waals surface area contributed by atoms with E-state index in [1.54, 1.807) is 24.1 Å². The minimum Gasteiger partial charge on any atom is -0.340 e. The van der Waals surface area contributed by atoms with Gasteiger partial charge in [0, 0.05) is 44.2 Å². The number of hydrogen-bond donors (Lipinski definition) is 1. The molecule has 0 atom stereocenters. The zero-order valence-corrected chi connectivity index (χ0v) is 15.3. The number of carbonyl (C=O) groups is 1. The zero-order valence-electron chi connectivity index (χ0n) is 12.9. The number of piperazine rings is 1. The van der Waals surface area contributed by atoms with Gasteiger partial charge in [0.1, 0.15) is 0 Å². The molecule has 1 saturated heterocycles. The van der Waals surface area contributed by atoms with Crippen molar-refractivity contribution in [2.45, 2.75) is 11.3 Å². The minimum atomic E-state index is -3.55. The molecule has 0 aromatic heterocycles. The molecule has 0 unspecified atom stereocenters. The molecule has 0 aliphatic carbocycles. The van der Waals surface area contributed by atoms with Gasteiger partial charge in [-0.05, 0) is 25.2 Å². The number of benzene rings is 1. The Morgan fingerprint density at radius 2 is 1.91 bits per heavy atom. The van der Waals surface area contributed by atoms with E-state index >= 15 is 0 Å². The van der Waals surface area contributed by atoms with Crippen LogP contribution >= 0.6 is 24.0 Å².